The molecule has 5 nitrogen and oxygen atoms in total. The molecule has 1 heterocycles. The molecule has 26 heavy (non-hydrogen) atoms. The van der Waals surface area contributed by atoms with Crippen LogP contribution in [0, 0.1) is 12.3 Å². The summed E-state index contributed by atoms with van der Waals surface area (Å²) in [6.07, 6.45) is 2.14. The van der Waals surface area contributed by atoms with Gasteiger partial charge in [-0.05, 0) is 26.7 Å². The maximum absolute atomic E-state index is 12.7. The van der Waals surface area contributed by atoms with Gasteiger partial charge in [-0.15, -0.1) is 11.3 Å². The van der Waals surface area contributed by atoms with Crippen LogP contribution < -0.4 is 0 Å². The van der Waals surface area contributed by atoms with Crippen molar-refractivity contribution in [3.63, 3.8) is 0 Å². The van der Waals surface area contributed by atoms with Crippen LogP contribution in [0.3, 0.4) is 0 Å². The number of thiazole rings is 1. The second kappa shape index (κ2) is 7.19. The third-order valence-electron chi connectivity index (χ3n) is 5.46. The summed E-state index contributed by atoms with van der Waals surface area (Å²) in [6.45, 7) is 3.93. The van der Waals surface area contributed by atoms with Crippen LogP contribution in [0.1, 0.15) is 49.2 Å². The standard InChI is InChI=1S/C20H24N2O3S/c1-13-17(26-18(21-13)15-8-5-4-6-9-15)14(2)22(3)16(23)12-20(19(24)25)10-7-11-20/h4-6,8-9,14H,7,10-12H2,1-3H3,(H,24,25). The number of aryl methyl sites for hydroxylation is 1. The summed E-state index contributed by atoms with van der Waals surface area (Å²) in [6, 6.07) is 9.84. The fourth-order valence-electron chi connectivity index (χ4n) is 3.38. The van der Waals surface area contributed by atoms with E-state index in [1.807, 2.05) is 44.2 Å². The molecule has 1 aliphatic rings. The zero-order valence-corrected chi connectivity index (χ0v) is 16.2. The molecule has 1 atom stereocenters. The molecule has 0 saturated heterocycles. The van der Waals surface area contributed by atoms with Gasteiger partial charge in [-0.3, -0.25) is 9.59 Å². The molecule has 1 amide bonds. The van der Waals surface area contributed by atoms with Gasteiger partial charge in [-0.25, -0.2) is 4.98 Å². The third kappa shape index (κ3) is 3.38. The Labute approximate surface area is 157 Å². The lowest BCUT2D eigenvalue weighted by molar-refractivity contribution is -0.159. The minimum Gasteiger partial charge on any atom is -0.481 e. The highest BCUT2D eigenvalue weighted by Crippen LogP contribution is 2.45. The maximum Gasteiger partial charge on any atom is 0.310 e. The van der Waals surface area contributed by atoms with E-state index in [1.54, 1.807) is 23.3 Å². The number of aliphatic carboxylic acids is 1. The van der Waals surface area contributed by atoms with Crippen molar-refractivity contribution in [2.45, 2.75) is 45.6 Å². The predicted molar refractivity (Wildman–Crippen MR) is 102 cm³/mol. The quantitative estimate of drug-likeness (QED) is 0.821. The average molecular weight is 372 g/mol. The lowest BCUT2D eigenvalue weighted by Crippen LogP contribution is -2.43. The van der Waals surface area contributed by atoms with Crippen molar-refractivity contribution in [2.75, 3.05) is 7.05 Å². The Kier molecular flexibility index (Phi) is 5.14. The van der Waals surface area contributed by atoms with E-state index >= 15 is 0 Å². The number of hydrogen-bond acceptors (Lipinski definition) is 4. The highest BCUT2D eigenvalue weighted by atomic mass is 32.1. The monoisotopic (exact) mass is 372 g/mol. The fraction of sp³-hybridized carbons (Fsp3) is 0.450. The Morgan fingerprint density at radius 1 is 1.31 bits per heavy atom. The molecule has 138 valence electrons. The van der Waals surface area contributed by atoms with Gasteiger partial charge in [0, 0.05) is 19.0 Å². The summed E-state index contributed by atoms with van der Waals surface area (Å²) in [4.78, 5) is 31.6. The van der Waals surface area contributed by atoms with E-state index in [-0.39, 0.29) is 18.4 Å². The molecule has 6 heteroatoms. The summed E-state index contributed by atoms with van der Waals surface area (Å²) in [7, 11) is 1.75. The SMILES string of the molecule is Cc1nc(-c2ccccc2)sc1C(C)N(C)C(=O)CC1(C(=O)O)CCC1. The van der Waals surface area contributed by atoms with Crippen LogP contribution in [-0.2, 0) is 9.59 Å². The summed E-state index contributed by atoms with van der Waals surface area (Å²) in [5.74, 6) is -0.966. The molecule has 1 saturated carbocycles. The first kappa shape index (κ1) is 18.6. The molecule has 0 radical (unpaired) electrons. The van der Waals surface area contributed by atoms with E-state index in [0.717, 1.165) is 27.6 Å². The molecule has 1 aromatic carbocycles. The van der Waals surface area contributed by atoms with E-state index in [4.69, 9.17) is 0 Å². The number of nitrogens with zero attached hydrogens (tertiary/aromatic N) is 2. The first-order valence-electron chi connectivity index (χ1n) is 8.86. The van der Waals surface area contributed by atoms with E-state index in [2.05, 4.69) is 4.98 Å². The van der Waals surface area contributed by atoms with Crippen LogP contribution in [-0.4, -0.2) is 33.9 Å². The number of benzene rings is 1. The molecule has 1 aliphatic carbocycles. The van der Waals surface area contributed by atoms with E-state index in [9.17, 15) is 14.7 Å². The van der Waals surface area contributed by atoms with Crippen LogP contribution in [0.15, 0.2) is 30.3 Å². The Morgan fingerprint density at radius 2 is 1.96 bits per heavy atom. The Bertz CT molecular complexity index is 812. The highest BCUT2D eigenvalue weighted by Gasteiger charge is 2.46. The van der Waals surface area contributed by atoms with Crippen molar-refractivity contribution in [1.82, 2.24) is 9.88 Å². The van der Waals surface area contributed by atoms with Gasteiger partial charge in [0.1, 0.15) is 5.01 Å². The summed E-state index contributed by atoms with van der Waals surface area (Å²) in [5, 5.41) is 10.4. The van der Waals surface area contributed by atoms with Gasteiger partial charge in [-0.1, -0.05) is 36.8 Å². The molecule has 3 rings (SSSR count). The largest absolute Gasteiger partial charge is 0.481 e. The van der Waals surface area contributed by atoms with Gasteiger partial charge in [0.2, 0.25) is 5.91 Å². The number of carbonyl (C=O) groups is 2. The zero-order chi connectivity index (χ0) is 18.9. The second-order valence-electron chi connectivity index (χ2n) is 7.13. The smallest absolute Gasteiger partial charge is 0.310 e. The lowest BCUT2D eigenvalue weighted by Gasteiger charge is -2.38. The number of carbonyl (C=O) groups excluding carboxylic acids is 1. The molecular formula is C20H24N2O3S. The van der Waals surface area contributed by atoms with Gasteiger partial charge in [0.15, 0.2) is 0 Å². The summed E-state index contributed by atoms with van der Waals surface area (Å²) < 4.78 is 0. The van der Waals surface area contributed by atoms with E-state index in [1.165, 1.54) is 0 Å². The topological polar surface area (TPSA) is 70.5 Å². The number of carboxylic acid groups (broad SMARTS) is 1. The maximum atomic E-state index is 12.7. The van der Waals surface area contributed by atoms with Crippen LogP contribution in [0.5, 0.6) is 0 Å². The van der Waals surface area contributed by atoms with Gasteiger partial charge >= 0.3 is 5.97 Å². The van der Waals surface area contributed by atoms with Crippen molar-refractivity contribution in [3.8, 4) is 10.6 Å². The lowest BCUT2D eigenvalue weighted by atomic mass is 9.66. The van der Waals surface area contributed by atoms with Gasteiger partial charge in [0.25, 0.3) is 0 Å². The molecule has 1 N–H and O–H groups in total. The molecule has 0 aliphatic heterocycles. The molecule has 0 spiro atoms. The Hall–Kier alpha value is -2.21. The van der Waals surface area contributed by atoms with Crippen molar-refractivity contribution < 1.29 is 14.7 Å². The molecule has 1 aromatic heterocycles. The van der Waals surface area contributed by atoms with Gasteiger partial charge in [0.05, 0.1) is 22.0 Å². The molecular weight excluding hydrogens is 348 g/mol. The minimum absolute atomic E-state index is 0.0760. The fourth-order valence-corrected chi connectivity index (χ4v) is 4.54. The van der Waals surface area contributed by atoms with E-state index < -0.39 is 11.4 Å². The predicted octanol–water partition coefficient (Wildman–Crippen LogP) is 4.28. The van der Waals surface area contributed by atoms with Crippen molar-refractivity contribution >= 4 is 23.2 Å². The van der Waals surface area contributed by atoms with Crippen LogP contribution in [0.2, 0.25) is 0 Å². The van der Waals surface area contributed by atoms with Gasteiger partial charge in [-0.2, -0.15) is 0 Å². The minimum atomic E-state index is -0.858. The number of aromatic nitrogens is 1. The van der Waals surface area contributed by atoms with Gasteiger partial charge < -0.3 is 10.0 Å². The Morgan fingerprint density at radius 3 is 2.50 bits per heavy atom. The van der Waals surface area contributed by atoms with Crippen LogP contribution in [0.25, 0.3) is 10.6 Å². The van der Waals surface area contributed by atoms with Crippen molar-refractivity contribution in [1.29, 1.82) is 0 Å². The molecule has 1 unspecified atom stereocenters. The average Bonchev–Trinajstić information content (AvgIpc) is 2.98. The van der Waals surface area contributed by atoms with Crippen molar-refractivity contribution in [2.24, 2.45) is 5.41 Å². The molecule has 0 bridgehead atoms. The molecule has 1 fully saturated rings. The van der Waals surface area contributed by atoms with Crippen LogP contribution in [0.4, 0.5) is 0 Å². The first-order valence-corrected chi connectivity index (χ1v) is 9.67. The van der Waals surface area contributed by atoms with Crippen molar-refractivity contribution in [3.05, 3.63) is 40.9 Å². The second-order valence-corrected chi connectivity index (χ2v) is 8.16. The summed E-state index contributed by atoms with van der Waals surface area (Å²) in [5.41, 5.74) is 1.12. The van der Waals surface area contributed by atoms with E-state index in [0.29, 0.717) is 12.8 Å². The number of carboxylic acids is 1. The zero-order valence-electron chi connectivity index (χ0n) is 15.4. The summed E-state index contributed by atoms with van der Waals surface area (Å²) >= 11 is 1.59. The Balaban J connectivity index is 1.76. The number of amides is 1. The highest BCUT2D eigenvalue weighted by molar-refractivity contribution is 7.15. The molecule has 2 aromatic rings. The third-order valence-corrected chi connectivity index (χ3v) is 6.84. The normalized spacial score (nSPS) is 16.6. The number of rotatable bonds is 6. The first-order chi connectivity index (χ1) is 12.3. The number of hydrogen-bond donors (Lipinski definition) is 1. The van der Waals surface area contributed by atoms with Crippen LogP contribution >= 0.6 is 11.3 Å².